The second-order valence-electron chi connectivity index (χ2n) is 6.24. The molecule has 24 heavy (non-hydrogen) atoms. The molecule has 0 spiro atoms. The first-order valence-electron chi connectivity index (χ1n) is 7.37. The molecule has 0 aromatic heterocycles. The second kappa shape index (κ2) is 9.08. The fraction of sp³-hybridized carbons (Fsp3) is 0.500. The minimum atomic E-state index is -1.05. The molecule has 0 aliphatic rings. The number of nitrogen functional groups attached to an aromatic ring is 1. The SMILES string of the molecule is CN(C(=O)OCc1ccc(N)cc1)[C@@H](CSSC(C)(C)C)C(=O)O. The Labute approximate surface area is 150 Å². The van der Waals surface area contributed by atoms with Crippen molar-refractivity contribution in [3.63, 3.8) is 0 Å². The van der Waals surface area contributed by atoms with Gasteiger partial charge in [-0.3, -0.25) is 4.90 Å². The molecule has 0 bridgehead atoms. The third kappa shape index (κ3) is 7.35. The van der Waals surface area contributed by atoms with Gasteiger partial charge < -0.3 is 15.6 Å². The number of nitrogens with two attached hydrogens (primary N) is 1. The van der Waals surface area contributed by atoms with Gasteiger partial charge in [-0.05, 0) is 17.7 Å². The summed E-state index contributed by atoms with van der Waals surface area (Å²) in [7, 11) is 4.45. The van der Waals surface area contributed by atoms with E-state index in [4.69, 9.17) is 10.5 Å². The van der Waals surface area contributed by atoms with Gasteiger partial charge in [-0.15, -0.1) is 0 Å². The average Bonchev–Trinajstić information content (AvgIpc) is 2.48. The van der Waals surface area contributed by atoms with Gasteiger partial charge in [-0.2, -0.15) is 0 Å². The first-order chi connectivity index (χ1) is 11.1. The number of likely N-dealkylation sites (N-methyl/N-ethyl adjacent to an activating group) is 1. The van der Waals surface area contributed by atoms with Gasteiger partial charge in [0.25, 0.3) is 0 Å². The molecule has 0 aliphatic heterocycles. The summed E-state index contributed by atoms with van der Waals surface area (Å²) in [5.74, 6) is -0.769. The van der Waals surface area contributed by atoms with Crippen molar-refractivity contribution in [1.82, 2.24) is 4.90 Å². The Kier molecular flexibility index (Phi) is 7.75. The van der Waals surface area contributed by atoms with E-state index in [2.05, 4.69) is 0 Å². The van der Waals surface area contributed by atoms with Crippen LogP contribution in [0.15, 0.2) is 24.3 Å². The van der Waals surface area contributed by atoms with E-state index in [0.717, 1.165) is 10.5 Å². The molecule has 1 aromatic carbocycles. The summed E-state index contributed by atoms with van der Waals surface area (Å²) in [6, 6.07) is 6.00. The largest absolute Gasteiger partial charge is 0.480 e. The van der Waals surface area contributed by atoms with Gasteiger partial charge in [-0.1, -0.05) is 54.5 Å². The zero-order chi connectivity index (χ0) is 18.3. The highest BCUT2D eigenvalue weighted by molar-refractivity contribution is 8.77. The van der Waals surface area contributed by atoms with Crippen LogP contribution in [0, 0.1) is 0 Å². The van der Waals surface area contributed by atoms with E-state index in [1.165, 1.54) is 17.8 Å². The van der Waals surface area contributed by atoms with E-state index in [1.54, 1.807) is 35.1 Å². The lowest BCUT2D eigenvalue weighted by Crippen LogP contribution is -2.44. The van der Waals surface area contributed by atoms with Crippen LogP contribution in [-0.2, 0) is 16.1 Å². The van der Waals surface area contributed by atoms with Crippen LogP contribution in [-0.4, -0.2) is 45.7 Å². The van der Waals surface area contributed by atoms with Crippen LogP contribution in [0.4, 0.5) is 10.5 Å². The number of hydrogen-bond donors (Lipinski definition) is 2. The number of amides is 1. The zero-order valence-electron chi connectivity index (χ0n) is 14.3. The molecule has 3 N–H and O–H groups in total. The number of carboxylic acid groups (broad SMARTS) is 1. The maximum Gasteiger partial charge on any atom is 0.410 e. The predicted octanol–water partition coefficient (Wildman–Crippen LogP) is 3.47. The molecule has 134 valence electrons. The van der Waals surface area contributed by atoms with E-state index in [0.29, 0.717) is 5.69 Å². The van der Waals surface area contributed by atoms with E-state index in [9.17, 15) is 14.7 Å². The summed E-state index contributed by atoms with van der Waals surface area (Å²) in [4.78, 5) is 24.6. The van der Waals surface area contributed by atoms with E-state index < -0.39 is 18.1 Å². The second-order valence-corrected chi connectivity index (χ2v) is 9.41. The van der Waals surface area contributed by atoms with E-state index in [-0.39, 0.29) is 17.1 Å². The van der Waals surface area contributed by atoms with E-state index in [1.807, 2.05) is 20.8 Å². The molecule has 1 amide bonds. The Balaban J connectivity index is 2.55. The highest BCUT2D eigenvalue weighted by atomic mass is 33.1. The maximum absolute atomic E-state index is 12.1. The van der Waals surface area contributed by atoms with Gasteiger partial charge in [-0.25, -0.2) is 9.59 Å². The molecule has 1 atom stereocenters. The van der Waals surface area contributed by atoms with Crippen molar-refractivity contribution in [3.05, 3.63) is 29.8 Å². The molecule has 0 radical (unpaired) electrons. The lowest BCUT2D eigenvalue weighted by Gasteiger charge is -2.25. The Bertz CT molecular complexity index is 558. The summed E-state index contributed by atoms with van der Waals surface area (Å²) in [6.07, 6.45) is -0.666. The minimum absolute atomic E-state index is 0.0158. The lowest BCUT2D eigenvalue weighted by atomic mass is 10.2. The first kappa shape index (κ1) is 20.5. The fourth-order valence-electron chi connectivity index (χ4n) is 1.61. The van der Waals surface area contributed by atoms with E-state index >= 15 is 0 Å². The van der Waals surface area contributed by atoms with Crippen LogP contribution in [0.1, 0.15) is 26.3 Å². The lowest BCUT2D eigenvalue weighted by molar-refractivity contribution is -0.141. The molecule has 1 aromatic rings. The third-order valence-corrected chi connectivity index (χ3v) is 6.25. The Morgan fingerprint density at radius 1 is 1.29 bits per heavy atom. The molecule has 0 saturated heterocycles. The van der Waals surface area contributed by atoms with Crippen molar-refractivity contribution in [1.29, 1.82) is 0 Å². The minimum Gasteiger partial charge on any atom is -0.480 e. The number of carbonyl (C=O) groups is 2. The Morgan fingerprint density at radius 2 is 1.88 bits per heavy atom. The summed E-state index contributed by atoms with van der Waals surface area (Å²) in [5.41, 5.74) is 7.01. The molecule has 0 heterocycles. The third-order valence-electron chi connectivity index (χ3n) is 2.92. The molecule has 0 unspecified atom stereocenters. The molecule has 1 rings (SSSR count). The standard InChI is InChI=1S/C16H24N2O4S2/c1-16(2,3)24-23-10-13(14(19)20)18(4)15(21)22-9-11-5-7-12(17)8-6-11/h5-8,13H,9-10,17H2,1-4H3,(H,19,20)/t13-/m0/s1. The quantitative estimate of drug-likeness (QED) is 0.559. The number of benzene rings is 1. The van der Waals surface area contributed by atoms with Crippen molar-refractivity contribution in [2.45, 2.75) is 38.2 Å². The van der Waals surface area contributed by atoms with Crippen LogP contribution < -0.4 is 5.73 Å². The number of carbonyl (C=O) groups excluding carboxylic acids is 1. The van der Waals surface area contributed by atoms with Crippen molar-refractivity contribution >= 4 is 39.3 Å². The van der Waals surface area contributed by atoms with Crippen LogP contribution in [0.3, 0.4) is 0 Å². The van der Waals surface area contributed by atoms with Gasteiger partial charge in [0.05, 0.1) is 0 Å². The molecule has 0 aliphatic carbocycles. The zero-order valence-corrected chi connectivity index (χ0v) is 15.9. The highest BCUT2D eigenvalue weighted by Crippen LogP contribution is 2.35. The summed E-state index contributed by atoms with van der Waals surface area (Å²) in [5, 5.41) is 9.35. The molecule has 8 heteroatoms. The van der Waals surface area contributed by atoms with Gasteiger partial charge in [0.15, 0.2) is 0 Å². The van der Waals surface area contributed by atoms with Crippen molar-refractivity contribution in [3.8, 4) is 0 Å². The molecule has 0 fully saturated rings. The number of rotatable bonds is 7. The average molecular weight is 373 g/mol. The van der Waals surface area contributed by atoms with Crippen LogP contribution in [0.2, 0.25) is 0 Å². The van der Waals surface area contributed by atoms with Crippen molar-refractivity contribution < 1.29 is 19.4 Å². The summed E-state index contributed by atoms with van der Waals surface area (Å²) >= 11 is 0. The molecular formula is C16H24N2O4S2. The smallest absolute Gasteiger partial charge is 0.410 e. The predicted molar refractivity (Wildman–Crippen MR) is 100 cm³/mol. The number of nitrogens with zero attached hydrogens (tertiary/aromatic N) is 1. The normalized spacial score (nSPS) is 12.5. The Morgan fingerprint density at radius 3 is 2.38 bits per heavy atom. The number of aliphatic carboxylic acids is 1. The van der Waals surface area contributed by atoms with Crippen molar-refractivity contribution in [2.24, 2.45) is 0 Å². The molecule has 6 nitrogen and oxygen atoms in total. The van der Waals surface area contributed by atoms with Crippen LogP contribution in [0.5, 0.6) is 0 Å². The maximum atomic E-state index is 12.1. The van der Waals surface area contributed by atoms with Gasteiger partial charge in [0.1, 0.15) is 12.6 Å². The summed E-state index contributed by atoms with van der Waals surface area (Å²) < 4.78 is 5.19. The number of carboxylic acids is 1. The number of ether oxygens (including phenoxy) is 1. The van der Waals surface area contributed by atoms with Crippen LogP contribution >= 0.6 is 21.6 Å². The number of hydrogen-bond acceptors (Lipinski definition) is 6. The highest BCUT2D eigenvalue weighted by Gasteiger charge is 2.28. The molecule has 0 saturated carbocycles. The van der Waals surface area contributed by atoms with Crippen LogP contribution in [0.25, 0.3) is 0 Å². The first-order valence-corrected chi connectivity index (χ1v) is 9.69. The van der Waals surface area contributed by atoms with Gasteiger partial charge in [0, 0.05) is 23.2 Å². The Hall–Kier alpha value is -1.54. The van der Waals surface area contributed by atoms with Crippen molar-refractivity contribution in [2.75, 3.05) is 18.5 Å². The number of anilines is 1. The van der Waals surface area contributed by atoms with Gasteiger partial charge in [0.2, 0.25) is 0 Å². The molecular weight excluding hydrogens is 348 g/mol. The fourth-order valence-corrected chi connectivity index (χ4v) is 4.18. The topological polar surface area (TPSA) is 92.9 Å². The monoisotopic (exact) mass is 372 g/mol. The summed E-state index contributed by atoms with van der Waals surface area (Å²) in [6.45, 7) is 6.21. The van der Waals surface area contributed by atoms with Gasteiger partial charge >= 0.3 is 12.1 Å².